The van der Waals surface area contributed by atoms with Crippen molar-refractivity contribution in [3.05, 3.63) is 23.9 Å². The summed E-state index contributed by atoms with van der Waals surface area (Å²) in [5.41, 5.74) is 0.995. The molecule has 2 aliphatic rings. The highest BCUT2D eigenvalue weighted by atomic mass is 16.5. The smallest absolute Gasteiger partial charge is 0.223 e. The van der Waals surface area contributed by atoms with Crippen LogP contribution in [-0.4, -0.2) is 29.2 Å². The summed E-state index contributed by atoms with van der Waals surface area (Å²) in [6.45, 7) is 0. The second-order valence-corrected chi connectivity index (χ2v) is 7.19. The molecule has 1 aromatic rings. The topological polar surface area (TPSA) is 71.5 Å². The van der Waals surface area contributed by atoms with Crippen molar-refractivity contribution in [1.29, 1.82) is 0 Å². The van der Waals surface area contributed by atoms with Gasteiger partial charge in [-0.15, -0.1) is 0 Å². The largest absolute Gasteiger partial charge is 0.481 e. The van der Waals surface area contributed by atoms with Crippen molar-refractivity contribution in [3.63, 3.8) is 0 Å². The van der Waals surface area contributed by atoms with Gasteiger partial charge in [0.1, 0.15) is 0 Å². The van der Waals surface area contributed by atoms with Crippen LogP contribution in [0.15, 0.2) is 18.3 Å². The number of hydrogen-bond acceptors (Lipinski definition) is 4. The van der Waals surface area contributed by atoms with E-state index in [-0.39, 0.29) is 29.9 Å². The molecule has 0 radical (unpaired) electrons. The zero-order chi connectivity index (χ0) is 16.9. The second-order valence-electron chi connectivity index (χ2n) is 7.19. The molecule has 0 saturated heterocycles. The van der Waals surface area contributed by atoms with Gasteiger partial charge in [0.2, 0.25) is 11.8 Å². The third-order valence-corrected chi connectivity index (χ3v) is 5.47. The molecule has 1 amide bonds. The van der Waals surface area contributed by atoms with Crippen LogP contribution in [0.2, 0.25) is 0 Å². The standard InChI is InChI=1S/C19H28N2O3/c1-24-17-9-8-14(12-20-17)18(15-10-16(22)11-15)21-19(23)13-6-4-2-3-5-7-13/h8-9,12-13,15-16,18,22H,2-7,10-11H2,1H3,(H,21,23)/t15?,16?,18-/m0/s1. The summed E-state index contributed by atoms with van der Waals surface area (Å²) in [6, 6.07) is 3.73. The Labute approximate surface area is 143 Å². The molecule has 0 spiro atoms. The van der Waals surface area contributed by atoms with Crippen LogP contribution < -0.4 is 10.1 Å². The van der Waals surface area contributed by atoms with Gasteiger partial charge in [-0.2, -0.15) is 0 Å². The fourth-order valence-corrected chi connectivity index (χ4v) is 3.88. The summed E-state index contributed by atoms with van der Waals surface area (Å²) in [7, 11) is 1.59. The number of aromatic nitrogens is 1. The van der Waals surface area contributed by atoms with Gasteiger partial charge in [0, 0.05) is 18.2 Å². The summed E-state index contributed by atoms with van der Waals surface area (Å²) < 4.78 is 5.12. The molecule has 0 aromatic carbocycles. The van der Waals surface area contributed by atoms with E-state index in [2.05, 4.69) is 10.3 Å². The SMILES string of the molecule is COc1ccc([C@H](NC(=O)C2CCCCCC2)C2CC(O)C2)cn1. The first-order valence-electron chi connectivity index (χ1n) is 9.15. The van der Waals surface area contributed by atoms with Crippen LogP contribution in [0.1, 0.15) is 63.0 Å². The molecule has 5 heteroatoms. The molecule has 5 nitrogen and oxygen atoms in total. The number of nitrogens with zero attached hydrogens (tertiary/aromatic N) is 1. The van der Waals surface area contributed by atoms with Crippen molar-refractivity contribution in [1.82, 2.24) is 10.3 Å². The normalized spacial score (nSPS) is 26.1. The first-order chi connectivity index (χ1) is 11.7. The molecule has 1 heterocycles. The van der Waals surface area contributed by atoms with Crippen LogP contribution in [0.3, 0.4) is 0 Å². The molecule has 132 valence electrons. The molecule has 24 heavy (non-hydrogen) atoms. The van der Waals surface area contributed by atoms with E-state index in [9.17, 15) is 9.90 Å². The zero-order valence-electron chi connectivity index (χ0n) is 14.4. The van der Waals surface area contributed by atoms with E-state index >= 15 is 0 Å². The molecule has 1 aromatic heterocycles. The maximum atomic E-state index is 12.8. The number of amides is 1. The van der Waals surface area contributed by atoms with Gasteiger partial charge in [0.25, 0.3) is 0 Å². The average Bonchev–Trinajstić information content (AvgIpc) is 2.86. The minimum atomic E-state index is -0.238. The summed E-state index contributed by atoms with van der Waals surface area (Å²) in [6.07, 6.45) is 9.78. The molecule has 2 saturated carbocycles. The highest BCUT2D eigenvalue weighted by Crippen LogP contribution is 2.38. The maximum Gasteiger partial charge on any atom is 0.223 e. The van der Waals surface area contributed by atoms with Gasteiger partial charge < -0.3 is 15.2 Å². The Balaban J connectivity index is 1.70. The number of aliphatic hydroxyl groups is 1. The van der Waals surface area contributed by atoms with Crippen molar-refractivity contribution in [3.8, 4) is 5.88 Å². The molecular weight excluding hydrogens is 304 g/mol. The molecule has 0 unspecified atom stereocenters. The Morgan fingerprint density at radius 3 is 2.50 bits per heavy atom. The number of hydrogen-bond donors (Lipinski definition) is 2. The number of carbonyl (C=O) groups is 1. The quantitative estimate of drug-likeness (QED) is 0.813. The predicted molar refractivity (Wildman–Crippen MR) is 91.6 cm³/mol. The molecule has 0 aliphatic heterocycles. The number of rotatable bonds is 5. The molecule has 0 bridgehead atoms. The minimum absolute atomic E-state index is 0.0671. The van der Waals surface area contributed by atoms with Gasteiger partial charge in [0.05, 0.1) is 19.3 Å². The monoisotopic (exact) mass is 332 g/mol. The fourth-order valence-electron chi connectivity index (χ4n) is 3.88. The fraction of sp³-hybridized carbons (Fsp3) is 0.684. The van der Waals surface area contributed by atoms with E-state index in [4.69, 9.17) is 4.74 Å². The molecular formula is C19H28N2O3. The second kappa shape index (κ2) is 7.97. The van der Waals surface area contributed by atoms with Crippen molar-refractivity contribution < 1.29 is 14.6 Å². The summed E-state index contributed by atoms with van der Waals surface area (Å²) >= 11 is 0. The number of carbonyl (C=O) groups excluding carboxylic acids is 1. The Bertz CT molecular complexity index is 532. The lowest BCUT2D eigenvalue weighted by Crippen LogP contribution is -2.43. The Morgan fingerprint density at radius 2 is 1.96 bits per heavy atom. The van der Waals surface area contributed by atoms with Crippen LogP contribution >= 0.6 is 0 Å². The molecule has 2 fully saturated rings. The van der Waals surface area contributed by atoms with E-state index in [0.29, 0.717) is 5.88 Å². The van der Waals surface area contributed by atoms with Crippen molar-refractivity contribution in [2.24, 2.45) is 11.8 Å². The highest BCUT2D eigenvalue weighted by molar-refractivity contribution is 5.79. The van der Waals surface area contributed by atoms with Gasteiger partial charge in [0.15, 0.2) is 0 Å². The zero-order valence-corrected chi connectivity index (χ0v) is 14.4. The summed E-state index contributed by atoms with van der Waals surface area (Å²) in [5.74, 6) is 1.15. The van der Waals surface area contributed by atoms with Crippen molar-refractivity contribution in [2.75, 3.05) is 7.11 Å². The number of methoxy groups -OCH3 is 1. The lowest BCUT2D eigenvalue weighted by atomic mass is 9.75. The first kappa shape index (κ1) is 17.2. The third-order valence-electron chi connectivity index (χ3n) is 5.47. The highest BCUT2D eigenvalue weighted by Gasteiger charge is 2.36. The Kier molecular flexibility index (Phi) is 5.72. The van der Waals surface area contributed by atoms with Gasteiger partial charge >= 0.3 is 0 Å². The van der Waals surface area contributed by atoms with E-state index in [1.54, 1.807) is 13.3 Å². The van der Waals surface area contributed by atoms with Gasteiger partial charge in [-0.1, -0.05) is 31.7 Å². The molecule has 3 rings (SSSR count). The summed E-state index contributed by atoms with van der Waals surface area (Å²) in [4.78, 5) is 17.0. The van der Waals surface area contributed by atoms with Crippen LogP contribution in [0.5, 0.6) is 5.88 Å². The molecule has 1 atom stereocenters. The van der Waals surface area contributed by atoms with E-state index < -0.39 is 0 Å². The number of pyridine rings is 1. The average molecular weight is 332 g/mol. The first-order valence-corrected chi connectivity index (χ1v) is 9.15. The predicted octanol–water partition coefficient (Wildman–Crippen LogP) is 2.99. The van der Waals surface area contributed by atoms with Crippen molar-refractivity contribution >= 4 is 5.91 Å². The summed E-state index contributed by atoms with van der Waals surface area (Å²) in [5, 5.41) is 12.9. The van der Waals surface area contributed by atoms with Gasteiger partial charge in [-0.3, -0.25) is 4.79 Å². The maximum absolute atomic E-state index is 12.8. The molecule has 2 aliphatic carbocycles. The van der Waals surface area contributed by atoms with Crippen LogP contribution in [0.25, 0.3) is 0 Å². The van der Waals surface area contributed by atoms with Crippen molar-refractivity contribution in [2.45, 2.75) is 63.5 Å². The lowest BCUT2D eigenvalue weighted by Gasteiger charge is -2.38. The Morgan fingerprint density at radius 1 is 1.25 bits per heavy atom. The Hall–Kier alpha value is -1.62. The van der Waals surface area contributed by atoms with Crippen LogP contribution in [-0.2, 0) is 4.79 Å². The van der Waals surface area contributed by atoms with E-state index in [1.807, 2.05) is 12.1 Å². The van der Waals surface area contributed by atoms with Gasteiger partial charge in [-0.05, 0) is 37.2 Å². The van der Waals surface area contributed by atoms with Crippen LogP contribution in [0, 0.1) is 11.8 Å². The van der Waals surface area contributed by atoms with Gasteiger partial charge in [-0.25, -0.2) is 4.98 Å². The number of aliphatic hydroxyl groups excluding tert-OH is 1. The number of ether oxygens (including phenoxy) is 1. The third kappa shape index (κ3) is 4.07. The van der Waals surface area contributed by atoms with E-state index in [0.717, 1.165) is 44.1 Å². The number of nitrogens with one attached hydrogen (secondary N) is 1. The lowest BCUT2D eigenvalue weighted by molar-refractivity contribution is -0.127. The minimum Gasteiger partial charge on any atom is -0.481 e. The van der Waals surface area contributed by atoms with E-state index in [1.165, 1.54) is 12.8 Å². The van der Waals surface area contributed by atoms with Crippen LogP contribution in [0.4, 0.5) is 0 Å². The molecule has 2 N–H and O–H groups in total.